The van der Waals surface area contributed by atoms with Crippen LogP contribution in [0.2, 0.25) is 0 Å². The van der Waals surface area contributed by atoms with Crippen molar-refractivity contribution in [1.82, 2.24) is 0 Å². The van der Waals surface area contributed by atoms with Gasteiger partial charge in [0.2, 0.25) is 0 Å². The van der Waals surface area contributed by atoms with E-state index in [-0.39, 0.29) is 12.4 Å². The second-order valence-electron chi connectivity index (χ2n) is 5.80. The van der Waals surface area contributed by atoms with Crippen LogP contribution in [0.25, 0.3) is 0 Å². The third-order valence-corrected chi connectivity index (χ3v) is 4.78. The van der Waals surface area contributed by atoms with Crippen molar-refractivity contribution in [2.45, 2.75) is 33.1 Å². The molecule has 0 aliphatic rings. The number of anilines is 1. The molecule has 1 amide bonds. The van der Waals surface area contributed by atoms with E-state index >= 15 is 0 Å². The molecule has 0 aromatic heterocycles. The van der Waals surface area contributed by atoms with Gasteiger partial charge in [-0.3, -0.25) is 5.32 Å². The van der Waals surface area contributed by atoms with Gasteiger partial charge in [-0.15, -0.1) is 0 Å². The Kier molecular flexibility index (Phi) is 6.75. The molecule has 2 rings (SSSR count). The summed E-state index contributed by atoms with van der Waals surface area (Å²) in [6.07, 6.45) is -4.73. The molecule has 27 heavy (non-hydrogen) atoms. The third-order valence-electron chi connectivity index (χ3n) is 4.04. The molecule has 8 heteroatoms. The third kappa shape index (κ3) is 5.15. The molecule has 0 bridgehead atoms. The van der Waals surface area contributed by atoms with Gasteiger partial charge in [-0.05, 0) is 48.7 Å². The Bertz CT molecular complexity index is 838. The lowest BCUT2D eigenvalue weighted by atomic mass is 10.0. The van der Waals surface area contributed by atoms with Crippen LogP contribution in [0.15, 0.2) is 34.8 Å². The van der Waals surface area contributed by atoms with Crippen LogP contribution in [0.4, 0.5) is 23.7 Å². The van der Waals surface area contributed by atoms with E-state index in [1.807, 2.05) is 0 Å². The number of methoxy groups -OCH3 is 1. The Balaban J connectivity index is 2.37. The monoisotopic (exact) mass is 445 g/mol. The maximum Gasteiger partial charge on any atom is 0.419 e. The minimum Gasteiger partial charge on any atom is -0.488 e. The molecule has 0 saturated carbocycles. The average Bonchev–Trinajstić information content (AvgIpc) is 2.60. The summed E-state index contributed by atoms with van der Waals surface area (Å²) in [7, 11) is 1.22. The smallest absolute Gasteiger partial charge is 0.419 e. The minimum absolute atomic E-state index is 0.172. The summed E-state index contributed by atoms with van der Waals surface area (Å²) in [4.78, 5) is 11.5. The molecule has 0 radical (unpaired) electrons. The summed E-state index contributed by atoms with van der Waals surface area (Å²) < 4.78 is 51.0. The van der Waals surface area contributed by atoms with E-state index in [0.717, 1.165) is 11.6 Å². The zero-order chi connectivity index (χ0) is 20.2. The van der Waals surface area contributed by atoms with Gasteiger partial charge in [0.25, 0.3) is 0 Å². The number of ether oxygens (including phenoxy) is 2. The first-order valence-corrected chi connectivity index (χ1v) is 8.92. The number of benzene rings is 2. The van der Waals surface area contributed by atoms with E-state index in [9.17, 15) is 18.0 Å². The first-order valence-electron chi connectivity index (χ1n) is 8.13. The van der Waals surface area contributed by atoms with Gasteiger partial charge in [-0.1, -0.05) is 28.9 Å². The Morgan fingerprint density at radius 2 is 1.96 bits per heavy atom. The second-order valence-corrected chi connectivity index (χ2v) is 6.65. The number of halogens is 4. The maximum atomic E-state index is 13.4. The molecule has 2 aromatic carbocycles. The van der Waals surface area contributed by atoms with Crippen LogP contribution < -0.4 is 10.1 Å². The molecular formula is C19H19BrF3NO3. The van der Waals surface area contributed by atoms with Crippen molar-refractivity contribution in [2.75, 3.05) is 12.4 Å². The number of hydrogen-bond donors (Lipinski definition) is 1. The number of alkyl halides is 3. The second kappa shape index (κ2) is 8.65. The van der Waals surface area contributed by atoms with E-state index < -0.39 is 17.8 Å². The molecule has 146 valence electrons. The lowest BCUT2D eigenvalue weighted by Crippen LogP contribution is -2.14. The van der Waals surface area contributed by atoms with Gasteiger partial charge >= 0.3 is 12.3 Å². The van der Waals surface area contributed by atoms with Crippen LogP contribution in [0.1, 0.15) is 29.2 Å². The van der Waals surface area contributed by atoms with Crippen LogP contribution in [0, 0.1) is 6.92 Å². The van der Waals surface area contributed by atoms with Crippen molar-refractivity contribution in [2.24, 2.45) is 0 Å². The number of rotatable bonds is 5. The molecule has 0 fully saturated rings. The van der Waals surface area contributed by atoms with Crippen LogP contribution in [-0.2, 0) is 23.9 Å². The van der Waals surface area contributed by atoms with Gasteiger partial charge in [-0.25, -0.2) is 4.79 Å². The first kappa shape index (κ1) is 21.1. The van der Waals surface area contributed by atoms with Crippen LogP contribution in [0.3, 0.4) is 0 Å². The minimum atomic E-state index is -4.53. The summed E-state index contributed by atoms with van der Waals surface area (Å²) in [5.41, 5.74) is 1.39. The topological polar surface area (TPSA) is 47.6 Å². The van der Waals surface area contributed by atoms with E-state index in [0.29, 0.717) is 27.7 Å². The average molecular weight is 446 g/mol. The molecule has 1 N–H and O–H groups in total. The van der Waals surface area contributed by atoms with Gasteiger partial charge in [0.05, 0.1) is 18.4 Å². The van der Waals surface area contributed by atoms with Gasteiger partial charge in [0, 0.05) is 10.0 Å². The van der Waals surface area contributed by atoms with E-state index in [1.165, 1.54) is 13.2 Å². The van der Waals surface area contributed by atoms with Gasteiger partial charge in [-0.2, -0.15) is 13.2 Å². The standard InChI is InChI=1S/C19H19BrF3NO3/c1-4-12-9-14(19(21,22)23)17(8-11(12)2)27-10-13-15(20)6-5-7-16(13)24-18(25)26-3/h5-9H,4,10H2,1-3H3,(H,24,25). The van der Waals surface area contributed by atoms with Crippen LogP contribution in [-0.4, -0.2) is 13.2 Å². The maximum absolute atomic E-state index is 13.4. The Morgan fingerprint density at radius 1 is 1.26 bits per heavy atom. The summed E-state index contributed by atoms with van der Waals surface area (Å²) in [5, 5.41) is 2.52. The zero-order valence-electron chi connectivity index (χ0n) is 15.0. The molecule has 2 aromatic rings. The van der Waals surface area contributed by atoms with E-state index in [4.69, 9.17) is 4.74 Å². The number of carbonyl (C=O) groups excluding carboxylic acids is 1. The fraction of sp³-hybridized carbons (Fsp3) is 0.316. The van der Waals surface area contributed by atoms with Crippen molar-refractivity contribution in [3.8, 4) is 5.75 Å². The number of hydrogen-bond acceptors (Lipinski definition) is 3. The molecule has 0 aliphatic carbocycles. The van der Waals surface area contributed by atoms with Crippen molar-refractivity contribution in [3.05, 3.63) is 57.1 Å². The SMILES string of the molecule is CCc1cc(C(F)(F)F)c(OCc2c(Br)cccc2NC(=O)OC)cc1C. The molecule has 0 heterocycles. The van der Waals surface area contributed by atoms with Gasteiger partial charge in [0.15, 0.2) is 0 Å². The van der Waals surface area contributed by atoms with Crippen molar-refractivity contribution in [3.63, 3.8) is 0 Å². The highest BCUT2D eigenvalue weighted by Gasteiger charge is 2.35. The van der Waals surface area contributed by atoms with Crippen molar-refractivity contribution in [1.29, 1.82) is 0 Å². The molecule has 0 unspecified atom stereocenters. The molecule has 0 spiro atoms. The van der Waals surface area contributed by atoms with Crippen LogP contribution in [0.5, 0.6) is 5.75 Å². The predicted octanol–water partition coefficient (Wildman–Crippen LogP) is 6.10. The van der Waals surface area contributed by atoms with Crippen LogP contribution >= 0.6 is 15.9 Å². The van der Waals surface area contributed by atoms with E-state index in [1.54, 1.807) is 32.0 Å². The largest absolute Gasteiger partial charge is 0.488 e. The molecular weight excluding hydrogens is 427 g/mol. The molecule has 0 aliphatic heterocycles. The number of amides is 1. The predicted molar refractivity (Wildman–Crippen MR) is 100 cm³/mol. The Morgan fingerprint density at radius 3 is 2.56 bits per heavy atom. The fourth-order valence-corrected chi connectivity index (χ4v) is 3.06. The highest BCUT2D eigenvalue weighted by Crippen LogP contribution is 2.39. The van der Waals surface area contributed by atoms with Gasteiger partial charge in [0.1, 0.15) is 12.4 Å². The lowest BCUT2D eigenvalue weighted by molar-refractivity contribution is -0.139. The summed E-state index contributed by atoms with van der Waals surface area (Å²) in [6.45, 7) is 3.37. The fourth-order valence-electron chi connectivity index (χ4n) is 2.58. The Labute approximate surface area is 163 Å². The molecule has 0 saturated heterocycles. The normalized spacial score (nSPS) is 11.2. The summed E-state index contributed by atoms with van der Waals surface area (Å²) in [6, 6.07) is 7.51. The zero-order valence-corrected chi connectivity index (χ0v) is 16.6. The highest BCUT2D eigenvalue weighted by molar-refractivity contribution is 9.10. The van der Waals surface area contributed by atoms with Crippen molar-refractivity contribution < 1.29 is 27.4 Å². The summed E-state index contributed by atoms with van der Waals surface area (Å²) in [5.74, 6) is -0.253. The summed E-state index contributed by atoms with van der Waals surface area (Å²) >= 11 is 3.33. The Hall–Kier alpha value is -2.22. The quantitative estimate of drug-likeness (QED) is 0.604. The first-order chi connectivity index (χ1) is 12.7. The highest BCUT2D eigenvalue weighted by atomic mass is 79.9. The number of carbonyl (C=O) groups is 1. The molecule has 0 atom stereocenters. The van der Waals surface area contributed by atoms with Crippen molar-refractivity contribution >= 4 is 27.7 Å². The number of aryl methyl sites for hydroxylation is 2. The van der Waals surface area contributed by atoms with Gasteiger partial charge < -0.3 is 9.47 Å². The number of nitrogens with one attached hydrogen (secondary N) is 1. The van der Waals surface area contributed by atoms with E-state index in [2.05, 4.69) is 26.0 Å². The molecule has 4 nitrogen and oxygen atoms in total. The lowest BCUT2D eigenvalue weighted by Gasteiger charge is -2.18.